The first kappa shape index (κ1) is 16.5. The van der Waals surface area contributed by atoms with Crippen LogP contribution in [0.3, 0.4) is 0 Å². The molecule has 1 aliphatic heterocycles. The summed E-state index contributed by atoms with van der Waals surface area (Å²) >= 11 is 0. The molecule has 24 heavy (non-hydrogen) atoms. The van der Waals surface area contributed by atoms with E-state index in [0.29, 0.717) is 13.0 Å². The summed E-state index contributed by atoms with van der Waals surface area (Å²) in [6.07, 6.45) is 1.53. The van der Waals surface area contributed by atoms with E-state index in [1.807, 2.05) is 42.5 Å². The van der Waals surface area contributed by atoms with Crippen LogP contribution in [0.15, 0.2) is 54.6 Å². The van der Waals surface area contributed by atoms with E-state index >= 15 is 0 Å². The highest BCUT2D eigenvalue weighted by molar-refractivity contribution is 5.75. The molecule has 0 amide bonds. The van der Waals surface area contributed by atoms with E-state index in [-0.39, 0.29) is 24.6 Å². The van der Waals surface area contributed by atoms with Crippen LogP contribution in [0.1, 0.15) is 11.1 Å². The van der Waals surface area contributed by atoms with E-state index in [1.165, 1.54) is 5.56 Å². The predicted molar refractivity (Wildman–Crippen MR) is 90.7 cm³/mol. The van der Waals surface area contributed by atoms with Gasteiger partial charge >= 0.3 is 5.97 Å². The minimum Gasteiger partial charge on any atom is -0.468 e. The third-order valence-corrected chi connectivity index (χ3v) is 4.35. The second-order valence-electron chi connectivity index (χ2n) is 6.09. The molecule has 4 nitrogen and oxygen atoms in total. The van der Waals surface area contributed by atoms with Gasteiger partial charge in [0.25, 0.3) is 0 Å². The highest BCUT2D eigenvalue weighted by atomic mass is 16.7. The smallest absolute Gasteiger partial charge is 0.309 e. The number of hydrogen-bond donors (Lipinski definition) is 0. The molecule has 0 bridgehead atoms. The Morgan fingerprint density at radius 3 is 2.62 bits per heavy atom. The van der Waals surface area contributed by atoms with Crippen molar-refractivity contribution in [2.75, 3.05) is 20.5 Å². The Hall–Kier alpha value is -2.33. The number of cyclic esters (lactones) is 1. The number of benzene rings is 2. The largest absolute Gasteiger partial charge is 0.468 e. The van der Waals surface area contributed by atoms with Gasteiger partial charge in [-0.15, -0.1) is 0 Å². The van der Waals surface area contributed by atoms with Gasteiger partial charge in [0.1, 0.15) is 5.75 Å². The molecule has 0 radical (unpaired) electrons. The lowest BCUT2D eigenvalue weighted by Gasteiger charge is -2.16. The van der Waals surface area contributed by atoms with Crippen LogP contribution in [0.4, 0.5) is 0 Å². The van der Waals surface area contributed by atoms with Crippen molar-refractivity contribution < 1.29 is 19.0 Å². The Labute approximate surface area is 142 Å². The minimum absolute atomic E-state index is 0.0980. The number of carbonyl (C=O) groups is 1. The van der Waals surface area contributed by atoms with Gasteiger partial charge in [-0.3, -0.25) is 4.79 Å². The van der Waals surface area contributed by atoms with Crippen molar-refractivity contribution >= 4 is 5.97 Å². The van der Waals surface area contributed by atoms with Crippen LogP contribution in [0.25, 0.3) is 0 Å². The van der Waals surface area contributed by atoms with Gasteiger partial charge in [-0.05, 0) is 36.1 Å². The molecule has 0 aromatic heterocycles. The maximum absolute atomic E-state index is 12.2. The molecule has 2 atom stereocenters. The summed E-state index contributed by atoms with van der Waals surface area (Å²) in [6, 6.07) is 18.1. The molecule has 1 fully saturated rings. The quantitative estimate of drug-likeness (QED) is 0.579. The molecule has 1 heterocycles. The zero-order valence-electron chi connectivity index (χ0n) is 13.8. The van der Waals surface area contributed by atoms with Gasteiger partial charge < -0.3 is 14.2 Å². The molecule has 2 aromatic rings. The first-order valence-electron chi connectivity index (χ1n) is 8.17. The summed E-state index contributed by atoms with van der Waals surface area (Å²) in [4.78, 5) is 12.2. The van der Waals surface area contributed by atoms with Crippen LogP contribution in [-0.2, 0) is 27.1 Å². The van der Waals surface area contributed by atoms with Gasteiger partial charge in [-0.2, -0.15) is 0 Å². The fraction of sp³-hybridized carbons (Fsp3) is 0.350. The zero-order valence-corrected chi connectivity index (χ0v) is 13.8. The molecule has 1 aliphatic rings. The predicted octanol–water partition coefficient (Wildman–Crippen LogP) is 3.24. The third-order valence-electron chi connectivity index (χ3n) is 4.35. The van der Waals surface area contributed by atoms with Crippen molar-refractivity contribution in [2.45, 2.75) is 12.8 Å². The van der Waals surface area contributed by atoms with Crippen molar-refractivity contribution in [3.8, 4) is 5.75 Å². The van der Waals surface area contributed by atoms with Crippen molar-refractivity contribution in [1.29, 1.82) is 0 Å². The summed E-state index contributed by atoms with van der Waals surface area (Å²) in [6.45, 7) is 0.712. The lowest BCUT2D eigenvalue weighted by atomic mass is 9.85. The molecule has 1 saturated heterocycles. The molecule has 126 valence electrons. The summed E-state index contributed by atoms with van der Waals surface area (Å²) < 4.78 is 15.7. The van der Waals surface area contributed by atoms with Gasteiger partial charge in [0.05, 0.1) is 12.5 Å². The maximum atomic E-state index is 12.2. The average Bonchev–Trinajstić information content (AvgIpc) is 2.94. The number of rotatable bonds is 7. The first-order chi connectivity index (χ1) is 11.8. The maximum Gasteiger partial charge on any atom is 0.309 e. The fourth-order valence-corrected chi connectivity index (χ4v) is 3.12. The van der Waals surface area contributed by atoms with E-state index < -0.39 is 0 Å². The Balaban J connectivity index is 1.68. The van der Waals surface area contributed by atoms with E-state index in [0.717, 1.165) is 17.7 Å². The molecule has 0 N–H and O–H groups in total. The van der Waals surface area contributed by atoms with Gasteiger partial charge in [0.2, 0.25) is 0 Å². The van der Waals surface area contributed by atoms with Gasteiger partial charge in [-0.1, -0.05) is 42.5 Å². The van der Waals surface area contributed by atoms with E-state index in [1.54, 1.807) is 7.11 Å². The molecule has 3 rings (SSSR count). The highest BCUT2D eigenvalue weighted by Gasteiger charge is 2.36. The van der Waals surface area contributed by atoms with Crippen LogP contribution in [0.5, 0.6) is 5.75 Å². The third kappa shape index (κ3) is 4.15. The monoisotopic (exact) mass is 326 g/mol. The van der Waals surface area contributed by atoms with Crippen LogP contribution in [0.2, 0.25) is 0 Å². The Bertz CT molecular complexity index is 668. The van der Waals surface area contributed by atoms with Crippen LogP contribution in [-0.4, -0.2) is 26.5 Å². The van der Waals surface area contributed by atoms with Crippen molar-refractivity contribution in [3.63, 3.8) is 0 Å². The Kier molecular flexibility index (Phi) is 5.49. The zero-order chi connectivity index (χ0) is 16.8. The number of methoxy groups -OCH3 is 1. The van der Waals surface area contributed by atoms with Gasteiger partial charge in [0, 0.05) is 13.0 Å². The molecule has 0 aliphatic carbocycles. The van der Waals surface area contributed by atoms with Crippen molar-refractivity contribution in [3.05, 3.63) is 65.7 Å². The average molecular weight is 326 g/mol. The molecule has 2 aromatic carbocycles. The standard InChI is InChI=1S/C20H22O4/c1-22-14-24-18-9-5-8-16(11-18)12-19-17(13-23-20(19)21)10-15-6-3-2-4-7-15/h2-9,11,17,19H,10,12-14H2,1H3/t17-,19+/m0/s1. The molecule has 0 saturated carbocycles. The lowest BCUT2D eigenvalue weighted by Crippen LogP contribution is -2.20. The van der Waals surface area contributed by atoms with Crippen LogP contribution >= 0.6 is 0 Å². The number of esters is 1. The normalized spacial score (nSPS) is 20.0. The van der Waals surface area contributed by atoms with Crippen molar-refractivity contribution in [1.82, 2.24) is 0 Å². The second-order valence-corrected chi connectivity index (χ2v) is 6.09. The van der Waals surface area contributed by atoms with Gasteiger partial charge in [-0.25, -0.2) is 0 Å². The Morgan fingerprint density at radius 1 is 1.04 bits per heavy atom. The SMILES string of the molecule is COCOc1cccc(C[C@H]2C(=O)OC[C@@H]2Cc2ccccc2)c1. The fourth-order valence-electron chi connectivity index (χ4n) is 3.12. The lowest BCUT2D eigenvalue weighted by molar-refractivity contribution is -0.141. The second kappa shape index (κ2) is 7.97. The van der Waals surface area contributed by atoms with Crippen molar-refractivity contribution in [2.24, 2.45) is 11.8 Å². The Morgan fingerprint density at radius 2 is 1.83 bits per heavy atom. The molecule has 0 spiro atoms. The molecule has 0 unspecified atom stereocenters. The molecule has 4 heteroatoms. The number of carbonyl (C=O) groups excluding carboxylic acids is 1. The highest BCUT2D eigenvalue weighted by Crippen LogP contribution is 2.30. The number of hydrogen-bond acceptors (Lipinski definition) is 4. The van der Waals surface area contributed by atoms with E-state index in [9.17, 15) is 4.79 Å². The summed E-state index contributed by atoms with van der Waals surface area (Å²) in [5, 5.41) is 0. The van der Waals surface area contributed by atoms with Gasteiger partial charge in [0.15, 0.2) is 6.79 Å². The van der Waals surface area contributed by atoms with Crippen LogP contribution in [0, 0.1) is 11.8 Å². The number of ether oxygens (including phenoxy) is 3. The summed E-state index contributed by atoms with van der Waals surface area (Å²) in [5.74, 6) is 0.755. The minimum atomic E-state index is -0.108. The molecular weight excluding hydrogens is 304 g/mol. The first-order valence-corrected chi connectivity index (χ1v) is 8.17. The van der Waals surface area contributed by atoms with E-state index in [4.69, 9.17) is 14.2 Å². The topological polar surface area (TPSA) is 44.8 Å². The molecular formula is C20H22O4. The van der Waals surface area contributed by atoms with Crippen LogP contribution < -0.4 is 4.74 Å². The summed E-state index contributed by atoms with van der Waals surface area (Å²) in [7, 11) is 1.59. The summed E-state index contributed by atoms with van der Waals surface area (Å²) in [5.41, 5.74) is 2.31. The van der Waals surface area contributed by atoms with E-state index in [2.05, 4.69) is 12.1 Å².